The summed E-state index contributed by atoms with van der Waals surface area (Å²) in [5.41, 5.74) is 7.94. The average molecular weight is 593 g/mol. The summed E-state index contributed by atoms with van der Waals surface area (Å²) >= 11 is 0. The molecule has 2 aromatic heterocycles. The molecule has 5 N–H and O–H groups in total. The number of carboxylic acids is 1. The molecule has 3 heterocycles. The first-order chi connectivity index (χ1) is 18.3. The van der Waals surface area contributed by atoms with E-state index < -0.39 is 17.8 Å². The summed E-state index contributed by atoms with van der Waals surface area (Å²) in [6.07, 6.45) is 2.46. The number of nitrogens with one attached hydrogen (secondary N) is 3. The molecule has 0 bridgehead atoms. The number of anilines is 2. The minimum Gasteiger partial charge on any atom is -0.543 e. The van der Waals surface area contributed by atoms with Crippen LogP contribution in [0.5, 0.6) is 5.75 Å². The monoisotopic (exact) mass is 592 g/mol. The third-order valence-corrected chi connectivity index (χ3v) is 5.36. The Morgan fingerprint density at radius 3 is 2.60 bits per heavy atom. The minimum atomic E-state index is -1.46. The van der Waals surface area contributed by atoms with Crippen molar-refractivity contribution in [2.45, 2.75) is 6.54 Å². The zero-order valence-electron chi connectivity index (χ0n) is 21.3. The number of aromatic amines is 1. The second-order valence-corrected chi connectivity index (χ2v) is 7.83. The fraction of sp³-hybridized carbons (Fsp3) is 0.120. The van der Waals surface area contributed by atoms with Crippen LogP contribution in [0, 0.1) is 0 Å². The van der Waals surface area contributed by atoms with Crippen molar-refractivity contribution in [3.63, 3.8) is 0 Å². The molecule has 4 aromatic rings. The quantitative estimate of drug-likeness (QED) is 0.152. The molecule has 15 heteroatoms. The number of ether oxygens (including phenoxy) is 2. The number of carboxylic acid groups (broad SMARTS) is 1. The van der Waals surface area contributed by atoms with Crippen molar-refractivity contribution in [3.05, 3.63) is 77.4 Å². The number of amides is 2. The fourth-order valence-electron chi connectivity index (χ4n) is 3.55. The second-order valence-electron chi connectivity index (χ2n) is 7.83. The topological polar surface area (TPSA) is 201 Å². The number of carbonyl (C=O) groups is 4. The molecule has 2 amide bonds. The summed E-state index contributed by atoms with van der Waals surface area (Å²) < 4.78 is 9.80. The van der Waals surface area contributed by atoms with E-state index in [1.165, 1.54) is 31.5 Å². The summed E-state index contributed by atoms with van der Waals surface area (Å²) in [4.78, 5) is 56.2. The smallest absolute Gasteiger partial charge is 0.543 e. The van der Waals surface area contributed by atoms with Gasteiger partial charge in [0.1, 0.15) is 23.3 Å². The van der Waals surface area contributed by atoms with Gasteiger partial charge in [-0.25, -0.2) is 14.8 Å². The average Bonchev–Trinajstić information content (AvgIpc) is 3.35. The number of benzene rings is 2. The largest absolute Gasteiger partial charge is 1.00 e. The number of hydrogen-bond donors (Lipinski definition) is 4. The van der Waals surface area contributed by atoms with Gasteiger partial charge in [0.25, 0.3) is 11.8 Å². The predicted octanol–water partition coefficient (Wildman–Crippen LogP) is -1.74. The third kappa shape index (κ3) is 7.63. The number of nitrogens with two attached hydrogens (primary N) is 1. The Balaban J connectivity index is 0.000000317. The number of methoxy groups -OCH3 is 1. The zero-order valence-corrected chi connectivity index (χ0v) is 25.3. The summed E-state index contributed by atoms with van der Waals surface area (Å²) in [7, 11) is 1.25. The molecule has 0 fully saturated rings. The summed E-state index contributed by atoms with van der Waals surface area (Å²) in [6, 6.07) is 11.5. The number of aromatic nitrogens is 3. The van der Waals surface area contributed by atoms with E-state index in [0.29, 0.717) is 18.0 Å². The Morgan fingerprint density at radius 2 is 1.90 bits per heavy atom. The van der Waals surface area contributed by atoms with Crippen LogP contribution in [0.1, 0.15) is 36.8 Å². The Bertz CT molecular complexity index is 1560. The molecular formula is C25H22ClKN6O7. The number of halogens is 1. The number of esters is 1. The van der Waals surface area contributed by atoms with Gasteiger partial charge >= 0.3 is 57.4 Å². The first kappa shape index (κ1) is 32.8. The molecule has 2 aromatic carbocycles. The minimum absolute atomic E-state index is 0. The maximum atomic E-state index is 12.4. The molecule has 13 nitrogen and oxygen atoms in total. The van der Waals surface area contributed by atoms with Crippen LogP contribution < -0.4 is 77.6 Å². The molecule has 0 radical (unpaired) electrons. The standard InChI is InChI=1S/C16H12N4O5.C9H10N2O2.ClH.K/c1-25-16(24)9-4-2-3-8(5-9)14(21)20-10-6-17-12-11(10)18-7-19-13(12)15(22)23;10-4-6-1-2-8-7(3-6)11-9(12)5-13-8;;/h2-7,17H,1H3,(H,20,21)(H,22,23);1-3H,4-5,10H2,(H,11,12);1H;/q;;;+1/p-1. The van der Waals surface area contributed by atoms with Crippen molar-refractivity contribution in [1.82, 2.24) is 15.0 Å². The Hall–Kier alpha value is -3.37. The van der Waals surface area contributed by atoms with Gasteiger partial charge < -0.3 is 40.7 Å². The Kier molecular flexibility index (Phi) is 12.2. The van der Waals surface area contributed by atoms with E-state index in [-0.39, 0.29) is 110 Å². The van der Waals surface area contributed by atoms with Crippen LogP contribution in [0.3, 0.4) is 0 Å². The van der Waals surface area contributed by atoms with Crippen LogP contribution in [0.25, 0.3) is 11.0 Å². The first-order valence-electron chi connectivity index (χ1n) is 11.1. The number of fused-ring (bicyclic) bond motifs is 2. The molecular weight excluding hydrogens is 571 g/mol. The van der Waals surface area contributed by atoms with Gasteiger partial charge in [-0.3, -0.25) is 9.59 Å². The summed E-state index contributed by atoms with van der Waals surface area (Å²) in [6.45, 7) is 0.554. The van der Waals surface area contributed by atoms with Gasteiger partial charge in [0.05, 0.1) is 35.5 Å². The maximum absolute atomic E-state index is 12.4. The Morgan fingerprint density at radius 1 is 1.15 bits per heavy atom. The van der Waals surface area contributed by atoms with Gasteiger partial charge in [-0.2, -0.15) is 0 Å². The van der Waals surface area contributed by atoms with E-state index in [1.807, 2.05) is 18.2 Å². The molecule has 1 aliphatic rings. The number of nitrogens with zero attached hydrogens (tertiary/aromatic N) is 2. The van der Waals surface area contributed by atoms with Crippen LogP contribution in [0.15, 0.2) is 55.0 Å². The van der Waals surface area contributed by atoms with Crippen molar-refractivity contribution < 1.29 is 85.1 Å². The summed E-state index contributed by atoms with van der Waals surface area (Å²) in [5.74, 6) is -1.94. The van der Waals surface area contributed by atoms with Crippen molar-refractivity contribution in [2.75, 3.05) is 24.4 Å². The first-order valence-corrected chi connectivity index (χ1v) is 11.1. The normalized spacial score (nSPS) is 11.2. The van der Waals surface area contributed by atoms with Crippen molar-refractivity contribution in [3.8, 4) is 5.75 Å². The van der Waals surface area contributed by atoms with Crippen LogP contribution in [0.2, 0.25) is 0 Å². The van der Waals surface area contributed by atoms with Crippen LogP contribution in [-0.2, 0) is 16.1 Å². The predicted molar refractivity (Wildman–Crippen MR) is 140 cm³/mol. The molecule has 5 rings (SSSR count). The molecule has 0 spiro atoms. The van der Waals surface area contributed by atoms with Gasteiger partial charge in [-0.15, -0.1) is 12.4 Å². The number of hydrogen-bond acceptors (Lipinski definition) is 10. The van der Waals surface area contributed by atoms with Crippen molar-refractivity contribution in [1.29, 1.82) is 0 Å². The summed E-state index contributed by atoms with van der Waals surface area (Å²) in [5, 5.41) is 16.4. The van der Waals surface area contributed by atoms with E-state index >= 15 is 0 Å². The van der Waals surface area contributed by atoms with Gasteiger partial charge in [-0.05, 0) is 35.9 Å². The third-order valence-electron chi connectivity index (χ3n) is 5.36. The molecule has 1 aliphatic heterocycles. The second kappa shape index (κ2) is 14.9. The molecule has 0 aliphatic carbocycles. The molecule has 0 unspecified atom stereocenters. The van der Waals surface area contributed by atoms with Gasteiger partial charge in [-0.1, -0.05) is 12.1 Å². The zero-order chi connectivity index (χ0) is 27.2. The molecule has 0 atom stereocenters. The SMILES string of the molecule is COC(=O)c1cccc(C(=O)Nc2c[nH]c3c(C(=O)[O-])ncnc23)c1.Cl.NCc1ccc2c(c1)NC(=O)CO2.[K+]. The van der Waals surface area contributed by atoms with Crippen molar-refractivity contribution >= 4 is 58.6 Å². The van der Waals surface area contributed by atoms with Gasteiger partial charge in [0, 0.05) is 18.3 Å². The number of H-pyrrole nitrogens is 1. The molecule has 202 valence electrons. The van der Waals surface area contributed by atoms with Crippen molar-refractivity contribution in [2.24, 2.45) is 5.73 Å². The van der Waals surface area contributed by atoms with E-state index in [1.54, 1.807) is 6.07 Å². The van der Waals surface area contributed by atoms with Crippen LogP contribution >= 0.6 is 12.4 Å². The fourth-order valence-corrected chi connectivity index (χ4v) is 3.55. The maximum Gasteiger partial charge on any atom is 1.00 e. The van der Waals surface area contributed by atoms with E-state index in [0.717, 1.165) is 11.9 Å². The number of aromatic carboxylic acids is 1. The van der Waals surface area contributed by atoms with Crippen LogP contribution in [-0.4, -0.2) is 52.4 Å². The number of carbonyl (C=O) groups excluding carboxylic acids is 4. The van der Waals surface area contributed by atoms with Gasteiger partial charge in [0.2, 0.25) is 0 Å². The van der Waals surface area contributed by atoms with Crippen LogP contribution in [0.4, 0.5) is 11.4 Å². The Labute approximate surface area is 276 Å². The van der Waals surface area contributed by atoms with Gasteiger partial charge in [0.15, 0.2) is 6.61 Å². The molecule has 40 heavy (non-hydrogen) atoms. The molecule has 0 saturated heterocycles. The van der Waals surface area contributed by atoms with E-state index in [9.17, 15) is 24.3 Å². The van der Waals surface area contributed by atoms with E-state index in [4.69, 9.17) is 10.5 Å². The molecule has 0 saturated carbocycles. The van der Waals surface area contributed by atoms with E-state index in [2.05, 4.69) is 30.3 Å². The number of rotatable bonds is 5.